The quantitative estimate of drug-likeness (QED) is 0.677. The second-order valence-electron chi connectivity index (χ2n) is 6.32. The van der Waals surface area contributed by atoms with E-state index < -0.39 is 33.4 Å². The van der Waals surface area contributed by atoms with E-state index in [2.05, 4.69) is 0 Å². The van der Waals surface area contributed by atoms with Crippen molar-refractivity contribution < 1.29 is 27.5 Å². The number of fused-ring (bicyclic) bond motifs is 1. The van der Waals surface area contributed by atoms with Crippen molar-refractivity contribution in [2.45, 2.75) is 13.0 Å². The minimum atomic E-state index is -3.52. The van der Waals surface area contributed by atoms with Crippen LogP contribution >= 0.6 is 11.3 Å². The molecule has 1 aliphatic rings. The van der Waals surface area contributed by atoms with Gasteiger partial charge in [-0.1, -0.05) is 6.07 Å². The van der Waals surface area contributed by atoms with Gasteiger partial charge in [-0.05, 0) is 24.6 Å². The number of amides is 2. The predicted octanol–water partition coefficient (Wildman–Crippen LogP) is 2.12. The smallest absolute Gasteiger partial charge is 0.265 e. The van der Waals surface area contributed by atoms with E-state index in [1.165, 1.54) is 12.5 Å². The Kier molecular flexibility index (Phi) is 5.35. The number of nitrogens with two attached hydrogens (primary N) is 1. The third-order valence-corrected chi connectivity index (χ3v) is 6.08. The van der Waals surface area contributed by atoms with Crippen LogP contribution in [0.25, 0.3) is 0 Å². The number of benzene rings is 1. The first-order valence-electron chi connectivity index (χ1n) is 8.41. The lowest BCUT2D eigenvalue weighted by Crippen LogP contribution is -2.38. The molecule has 3 rings (SSSR count). The van der Waals surface area contributed by atoms with Crippen molar-refractivity contribution in [3.8, 4) is 11.5 Å². The van der Waals surface area contributed by atoms with E-state index in [1.54, 1.807) is 25.1 Å². The molecule has 2 heterocycles. The first kappa shape index (κ1) is 20.2. The summed E-state index contributed by atoms with van der Waals surface area (Å²) in [7, 11) is -2.04. The largest absolute Gasteiger partial charge is 0.493 e. The molecule has 0 aliphatic carbocycles. The van der Waals surface area contributed by atoms with Crippen LogP contribution in [-0.4, -0.2) is 50.9 Å². The topological polar surface area (TPSA) is 116 Å². The number of carbonyl (C=O) groups is 2. The van der Waals surface area contributed by atoms with E-state index in [0.29, 0.717) is 23.7 Å². The molecule has 0 radical (unpaired) electrons. The third-order valence-electron chi connectivity index (χ3n) is 4.35. The van der Waals surface area contributed by atoms with Gasteiger partial charge < -0.3 is 15.2 Å². The monoisotopic (exact) mass is 424 g/mol. The van der Waals surface area contributed by atoms with Crippen LogP contribution in [0.3, 0.4) is 0 Å². The van der Waals surface area contributed by atoms with Crippen molar-refractivity contribution in [3.05, 3.63) is 40.3 Å². The fourth-order valence-corrected chi connectivity index (χ4v) is 4.85. The van der Waals surface area contributed by atoms with E-state index in [0.717, 1.165) is 22.5 Å². The molecule has 2 aromatic rings. The van der Waals surface area contributed by atoms with Crippen LogP contribution in [0.4, 0.5) is 5.00 Å². The molecule has 2 amide bonds. The molecule has 8 nitrogen and oxygen atoms in total. The number of hydrogen-bond donors (Lipinski definition) is 1. The van der Waals surface area contributed by atoms with Crippen molar-refractivity contribution in [2.75, 3.05) is 31.5 Å². The Labute approximate surface area is 166 Å². The van der Waals surface area contributed by atoms with E-state index in [1.807, 2.05) is 0 Å². The number of nitrogen functional groups attached to an aromatic ring is 1. The second-order valence-corrected chi connectivity index (χ2v) is 9.42. The Bertz CT molecular complexity index is 1040. The van der Waals surface area contributed by atoms with Gasteiger partial charge in [-0.2, -0.15) is 0 Å². The standard InChI is InChI=1S/C18H20N2O6S2/c1-4-26-14-7-10(5-6-13(14)25-2)12(9-28(3,23)24)20-17(21)11-8-27-16(19)15(11)18(20)22/h5-8,12H,4,9,19H2,1-3H3. The number of nitrogens with zero attached hydrogens (tertiary/aromatic N) is 1. The summed E-state index contributed by atoms with van der Waals surface area (Å²) in [5.41, 5.74) is 6.62. The molecular formula is C18H20N2O6S2. The Balaban J connectivity index is 2.10. The molecule has 0 saturated carbocycles. The number of thiophene rings is 1. The first-order chi connectivity index (χ1) is 13.2. The summed E-state index contributed by atoms with van der Waals surface area (Å²) in [5, 5.41) is 1.75. The third kappa shape index (κ3) is 3.57. The number of ether oxygens (including phenoxy) is 2. The summed E-state index contributed by atoms with van der Waals surface area (Å²) in [6.45, 7) is 2.17. The van der Waals surface area contributed by atoms with Gasteiger partial charge in [0.1, 0.15) is 9.84 Å². The Morgan fingerprint density at radius 2 is 1.93 bits per heavy atom. The number of anilines is 1. The lowest BCUT2D eigenvalue weighted by atomic mass is 10.1. The van der Waals surface area contributed by atoms with Gasteiger partial charge in [0.05, 0.1) is 41.6 Å². The SMILES string of the molecule is CCOc1cc(C(CS(C)(=O)=O)N2C(=O)c3csc(N)c3C2=O)ccc1OC. The summed E-state index contributed by atoms with van der Waals surface area (Å²) in [6.07, 6.45) is 1.06. The lowest BCUT2D eigenvalue weighted by molar-refractivity contribution is 0.0597. The number of sulfone groups is 1. The summed E-state index contributed by atoms with van der Waals surface area (Å²) < 4.78 is 34.9. The van der Waals surface area contributed by atoms with Gasteiger partial charge >= 0.3 is 0 Å². The Hall–Kier alpha value is -2.59. The summed E-state index contributed by atoms with van der Waals surface area (Å²) >= 11 is 1.11. The average Bonchev–Trinajstić information content (AvgIpc) is 3.12. The molecule has 0 spiro atoms. The molecule has 10 heteroatoms. The number of hydrogen-bond acceptors (Lipinski definition) is 8. The zero-order valence-electron chi connectivity index (χ0n) is 15.6. The van der Waals surface area contributed by atoms with Gasteiger partial charge in [-0.3, -0.25) is 14.5 Å². The van der Waals surface area contributed by atoms with Gasteiger partial charge in [-0.25, -0.2) is 8.42 Å². The maximum Gasteiger partial charge on any atom is 0.265 e. The van der Waals surface area contributed by atoms with Gasteiger partial charge in [0, 0.05) is 11.6 Å². The van der Waals surface area contributed by atoms with Gasteiger partial charge in [0.25, 0.3) is 11.8 Å². The van der Waals surface area contributed by atoms with E-state index in [4.69, 9.17) is 15.2 Å². The normalized spacial score (nSPS) is 14.9. The molecule has 1 aliphatic heterocycles. The molecule has 0 saturated heterocycles. The van der Waals surface area contributed by atoms with Crippen molar-refractivity contribution >= 4 is 38.0 Å². The van der Waals surface area contributed by atoms with Gasteiger partial charge in [-0.15, -0.1) is 11.3 Å². The highest BCUT2D eigenvalue weighted by Crippen LogP contribution is 2.39. The Morgan fingerprint density at radius 1 is 1.21 bits per heavy atom. The fourth-order valence-electron chi connectivity index (χ4n) is 3.15. The summed E-state index contributed by atoms with van der Waals surface area (Å²) in [5.74, 6) is -0.716. The van der Waals surface area contributed by atoms with Crippen LogP contribution in [0.1, 0.15) is 39.2 Å². The molecule has 1 aromatic carbocycles. The highest BCUT2D eigenvalue weighted by Gasteiger charge is 2.44. The summed E-state index contributed by atoms with van der Waals surface area (Å²) in [6, 6.07) is 3.81. The maximum atomic E-state index is 12.9. The maximum absolute atomic E-state index is 12.9. The van der Waals surface area contributed by atoms with Crippen LogP contribution in [0, 0.1) is 0 Å². The number of carbonyl (C=O) groups excluding carboxylic acids is 2. The molecule has 1 aromatic heterocycles. The van der Waals surface area contributed by atoms with Crippen LogP contribution < -0.4 is 15.2 Å². The molecule has 150 valence electrons. The highest BCUT2D eigenvalue weighted by atomic mass is 32.2. The van der Waals surface area contributed by atoms with Gasteiger partial charge in [0.2, 0.25) is 0 Å². The number of imide groups is 1. The number of rotatable bonds is 7. The summed E-state index contributed by atoms with van der Waals surface area (Å²) in [4.78, 5) is 26.7. The van der Waals surface area contributed by atoms with E-state index in [9.17, 15) is 18.0 Å². The minimum Gasteiger partial charge on any atom is -0.493 e. The average molecular weight is 425 g/mol. The van der Waals surface area contributed by atoms with E-state index in [-0.39, 0.29) is 16.1 Å². The zero-order chi connectivity index (χ0) is 20.6. The molecular weight excluding hydrogens is 404 g/mol. The van der Waals surface area contributed by atoms with Gasteiger partial charge in [0.15, 0.2) is 11.5 Å². The van der Waals surface area contributed by atoms with Crippen molar-refractivity contribution in [3.63, 3.8) is 0 Å². The molecule has 0 fully saturated rings. The van der Waals surface area contributed by atoms with Crippen LogP contribution in [0.15, 0.2) is 23.6 Å². The van der Waals surface area contributed by atoms with Crippen LogP contribution in [0.5, 0.6) is 11.5 Å². The number of methoxy groups -OCH3 is 1. The fraction of sp³-hybridized carbons (Fsp3) is 0.333. The van der Waals surface area contributed by atoms with Crippen LogP contribution in [0.2, 0.25) is 0 Å². The highest BCUT2D eigenvalue weighted by molar-refractivity contribution is 7.90. The molecule has 0 bridgehead atoms. The van der Waals surface area contributed by atoms with Crippen LogP contribution in [-0.2, 0) is 9.84 Å². The molecule has 2 N–H and O–H groups in total. The van der Waals surface area contributed by atoms with Crippen molar-refractivity contribution in [1.29, 1.82) is 0 Å². The van der Waals surface area contributed by atoms with E-state index >= 15 is 0 Å². The first-order valence-corrected chi connectivity index (χ1v) is 11.3. The Morgan fingerprint density at radius 3 is 2.50 bits per heavy atom. The van der Waals surface area contributed by atoms with Crippen molar-refractivity contribution in [1.82, 2.24) is 4.90 Å². The predicted molar refractivity (Wildman–Crippen MR) is 106 cm³/mol. The molecule has 1 unspecified atom stereocenters. The zero-order valence-corrected chi connectivity index (χ0v) is 17.2. The molecule has 28 heavy (non-hydrogen) atoms. The van der Waals surface area contributed by atoms with Crippen molar-refractivity contribution in [2.24, 2.45) is 0 Å². The minimum absolute atomic E-state index is 0.132. The molecule has 1 atom stereocenters. The lowest BCUT2D eigenvalue weighted by Gasteiger charge is -2.27. The second kappa shape index (κ2) is 7.44.